The summed E-state index contributed by atoms with van der Waals surface area (Å²) in [5, 5.41) is 4.82. The molecule has 0 radical (unpaired) electrons. The molecule has 1 aliphatic carbocycles. The Balaban J connectivity index is 1.41. The Kier molecular flexibility index (Phi) is 7.45. The molecule has 6 nitrogen and oxygen atoms in total. The molecular formula is C31H30N2O4. The fourth-order valence-corrected chi connectivity index (χ4v) is 4.93. The second-order valence-electron chi connectivity index (χ2n) is 9.49. The highest BCUT2D eigenvalue weighted by atomic mass is 16.5. The van der Waals surface area contributed by atoms with Crippen LogP contribution in [0.3, 0.4) is 0 Å². The van der Waals surface area contributed by atoms with Crippen LogP contribution in [0.5, 0.6) is 0 Å². The fourth-order valence-electron chi connectivity index (χ4n) is 4.93. The van der Waals surface area contributed by atoms with Crippen LogP contribution in [0.1, 0.15) is 43.2 Å². The van der Waals surface area contributed by atoms with Gasteiger partial charge in [0.25, 0.3) is 0 Å². The van der Waals surface area contributed by atoms with Gasteiger partial charge in [-0.15, -0.1) is 0 Å². The molecular weight excluding hydrogens is 464 g/mol. The summed E-state index contributed by atoms with van der Waals surface area (Å²) in [6, 6.07) is 22.1. The van der Waals surface area contributed by atoms with Gasteiger partial charge in [0.1, 0.15) is 0 Å². The zero-order chi connectivity index (χ0) is 25.6. The van der Waals surface area contributed by atoms with E-state index in [1.165, 1.54) is 19.6 Å². The SMILES string of the molecule is COC(=O)/C=C/c1cccc(N(Cc2ccc(-c3ccc4oncc4c3)cc2)C(=O)C2CCCCC2)c1. The van der Waals surface area contributed by atoms with Crippen molar-refractivity contribution in [1.82, 2.24) is 5.16 Å². The van der Waals surface area contributed by atoms with Crippen molar-refractivity contribution in [2.75, 3.05) is 12.0 Å². The van der Waals surface area contributed by atoms with Crippen molar-refractivity contribution in [1.29, 1.82) is 0 Å². The molecule has 188 valence electrons. The number of esters is 1. The van der Waals surface area contributed by atoms with E-state index in [4.69, 9.17) is 9.26 Å². The van der Waals surface area contributed by atoms with Crippen molar-refractivity contribution in [2.24, 2.45) is 5.92 Å². The maximum atomic E-state index is 13.7. The zero-order valence-corrected chi connectivity index (χ0v) is 20.9. The number of nitrogens with zero attached hydrogens (tertiary/aromatic N) is 2. The van der Waals surface area contributed by atoms with Crippen LogP contribution in [0.2, 0.25) is 0 Å². The minimum absolute atomic E-state index is 0.0394. The van der Waals surface area contributed by atoms with Gasteiger partial charge in [-0.1, -0.05) is 66.9 Å². The number of hydrogen-bond acceptors (Lipinski definition) is 5. The van der Waals surface area contributed by atoms with E-state index in [2.05, 4.69) is 35.5 Å². The first-order valence-corrected chi connectivity index (χ1v) is 12.7. The van der Waals surface area contributed by atoms with Gasteiger partial charge in [-0.3, -0.25) is 4.79 Å². The molecule has 0 saturated heterocycles. The van der Waals surface area contributed by atoms with Gasteiger partial charge in [0.05, 0.1) is 19.9 Å². The van der Waals surface area contributed by atoms with Gasteiger partial charge in [0.2, 0.25) is 5.91 Å². The number of ether oxygens (including phenoxy) is 1. The van der Waals surface area contributed by atoms with Crippen molar-refractivity contribution < 1.29 is 18.8 Å². The largest absolute Gasteiger partial charge is 0.466 e. The molecule has 4 aromatic rings. The molecule has 0 atom stereocenters. The molecule has 1 heterocycles. The van der Waals surface area contributed by atoms with E-state index in [9.17, 15) is 9.59 Å². The highest BCUT2D eigenvalue weighted by molar-refractivity contribution is 5.95. The standard InChI is InChI=1S/C31H30N2O4/c1-36-30(34)17-12-22-6-5-9-28(18-22)33(31(35)25-7-3-2-4-8-25)21-23-10-13-24(14-11-23)26-15-16-29-27(19-26)20-32-37-29/h5-6,9-20,25H,2-4,7-8,21H2,1H3/b17-12+. The highest BCUT2D eigenvalue weighted by Crippen LogP contribution is 2.30. The van der Waals surface area contributed by atoms with Gasteiger partial charge >= 0.3 is 5.97 Å². The number of amides is 1. The molecule has 1 saturated carbocycles. The van der Waals surface area contributed by atoms with Crippen LogP contribution >= 0.6 is 0 Å². The average molecular weight is 495 g/mol. The summed E-state index contributed by atoms with van der Waals surface area (Å²) in [5.74, 6) is -0.211. The van der Waals surface area contributed by atoms with Crippen LogP contribution in [0.25, 0.3) is 28.2 Å². The second kappa shape index (κ2) is 11.2. The van der Waals surface area contributed by atoms with Crippen molar-refractivity contribution in [3.8, 4) is 11.1 Å². The second-order valence-corrected chi connectivity index (χ2v) is 9.49. The predicted molar refractivity (Wildman–Crippen MR) is 145 cm³/mol. The van der Waals surface area contributed by atoms with Gasteiger partial charge in [0, 0.05) is 23.1 Å². The molecule has 1 aliphatic rings. The molecule has 6 heteroatoms. The minimum Gasteiger partial charge on any atom is -0.466 e. The van der Waals surface area contributed by atoms with Gasteiger partial charge in [-0.25, -0.2) is 4.79 Å². The number of rotatable bonds is 7. The first-order valence-electron chi connectivity index (χ1n) is 12.7. The number of anilines is 1. The van der Waals surface area contributed by atoms with Gasteiger partial charge < -0.3 is 14.2 Å². The number of benzene rings is 3. The number of carbonyl (C=O) groups is 2. The van der Waals surface area contributed by atoms with Crippen molar-refractivity contribution in [3.05, 3.63) is 90.1 Å². The van der Waals surface area contributed by atoms with Crippen LogP contribution in [-0.2, 0) is 20.9 Å². The van der Waals surface area contributed by atoms with Crippen molar-refractivity contribution in [3.63, 3.8) is 0 Å². The number of carbonyl (C=O) groups excluding carboxylic acids is 2. The van der Waals surface area contributed by atoms with E-state index in [-0.39, 0.29) is 11.8 Å². The van der Waals surface area contributed by atoms with Crippen LogP contribution in [-0.4, -0.2) is 24.1 Å². The van der Waals surface area contributed by atoms with E-state index < -0.39 is 5.97 Å². The van der Waals surface area contributed by atoms with E-state index in [0.29, 0.717) is 6.54 Å². The molecule has 0 N–H and O–H groups in total. The Morgan fingerprint density at radius 3 is 2.57 bits per heavy atom. The summed E-state index contributed by atoms with van der Waals surface area (Å²) in [6.07, 6.45) is 10.1. The lowest BCUT2D eigenvalue weighted by Crippen LogP contribution is -2.36. The fraction of sp³-hybridized carbons (Fsp3) is 0.258. The summed E-state index contributed by atoms with van der Waals surface area (Å²) in [6.45, 7) is 0.477. The Labute approximate surface area is 216 Å². The summed E-state index contributed by atoms with van der Waals surface area (Å²) < 4.78 is 9.92. The molecule has 0 bridgehead atoms. The quantitative estimate of drug-likeness (QED) is 0.209. The van der Waals surface area contributed by atoms with Crippen molar-refractivity contribution in [2.45, 2.75) is 38.6 Å². The number of methoxy groups -OCH3 is 1. The maximum absolute atomic E-state index is 13.7. The molecule has 0 spiro atoms. The maximum Gasteiger partial charge on any atom is 0.330 e. The molecule has 1 aromatic heterocycles. The van der Waals surface area contributed by atoms with Crippen LogP contribution in [0.4, 0.5) is 5.69 Å². The third kappa shape index (κ3) is 5.80. The van der Waals surface area contributed by atoms with Gasteiger partial charge in [-0.2, -0.15) is 0 Å². The molecule has 0 aliphatic heterocycles. The molecule has 0 unspecified atom stereocenters. The van der Waals surface area contributed by atoms with E-state index in [1.807, 2.05) is 41.3 Å². The molecule has 1 fully saturated rings. The third-order valence-electron chi connectivity index (χ3n) is 7.00. The smallest absolute Gasteiger partial charge is 0.330 e. The molecule has 37 heavy (non-hydrogen) atoms. The number of fused-ring (bicyclic) bond motifs is 1. The van der Waals surface area contributed by atoms with Gasteiger partial charge in [-0.05, 0) is 65.4 Å². The Bertz CT molecular complexity index is 1410. The molecule has 1 amide bonds. The van der Waals surface area contributed by atoms with Gasteiger partial charge in [0.15, 0.2) is 5.58 Å². The van der Waals surface area contributed by atoms with Crippen LogP contribution in [0.15, 0.2) is 83.5 Å². The van der Waals surface area contributed by atoms with Crippen LogP contribution in [0, 0.1) is 5.92 Å². The van der Waals surface area contributed by atoms with E-state index in [0.717, 1.165) is 64.6 Å². The zero-order valence-electron chi connectivity index (χ0n) is 20.9. The summed E-state index contributed by atoms with van der Waals surface area (Å²) in [7, 11) is 1.35. The van der Waals surface area contributed by atoms with E-state index >= 15 is 0 Å². The lowest BCUT2D eigenvalue weighted by Gasteiger charge is -2.30. The minimum atomic E-state index is -0.413. The van der Waals surface area contributed by atoms with E-state index in [1.54, 1.807) is 12.3 Å². The Hall–Kier alpha value is -4.19. The summed E-state index contributed by atoms with van der Waals surface area (Å²) >= 11 is 0. The molecule has 3 aromatic carbocycles. The predicted octanol–water partition coefficient (Wildman–Crippen LogP) is 6.79. The normalized spacial score (nSPS) is 14.2. The summed E-state index contributed by atoms with van der Waals surface area (Å²) in [5.41, 5.74) is 5.65. The first kappa shape index (κ1) is 24.5. The summed E-state index contributed by atoms with van der Waals surface area (Å²) in [4.78, 5) is 27.2. The number of hydrogen-bond donors (Lipinski definition) is 0. The lowest BCUT2D eigenvalue weighted by atomic mass is 9.88. The Morgan fingerprint density at radius 2 is 1.78 bits per heavy atom. The monoisotopic (exact) mass is 494 g/mol. The third-order valence-corrected chi connectivity index (χ3v) is 7.00. The number of aromatic nitrogens is 1. The molecule has 5 rings (SSSR count). The lowest BCUT2D eigenvalue weighted by molar-refractivity contribution is -0.134. The Morgan fingerprint density at radius 1 is 1.00 bits per heavy atom. The van der Waals surface area contributed by atoms with Crippen LogP contribution < -0.4 is 4.90 Å². The average Bonchev–Trinajstić information content (AvgIpc) is 3.43. The van der Waals surface area contributed by atoms with Crippen molar-refractivity contribution >= 4 is 34.6 Å². The topological polar surface area (TPSA) is 72.6 Å². The highest BCUT2D eigenvalue weighted by Gasteiger charge is 2.27. The first-order chi connectivity index (χ1) is 18.1.